The van der Waals surface area contributed by atoms with E-state index in [1.165, 1.54) is 5.20 Å². The Balaban J connectivity index is 2.24. The molecule has 0 aromatic carbocycles. The Bertz CT molecular complexity index is 331. The minimum absolute atomic E-state index is 0.0925. The fourth-order valence-electron chi connectivity index (χ4n) is 2.11. The van der Waals surface area contributed by atoms with Gasteiger partial charge >= 0.3 is 0 Å². The second-order valence-electron chi connectivity index (χ2n) is 4.60. The van der Waals surface area contributed by atoms with Crippen molar-refractivity contribution in [3.8, 4) is 0 Å². The summed E-state index contributed by atoms with van der Waals surface area (Å²) in [5.74, 6) is -0.460. The van der Waals surface area contributed by atoms with Crippen molar-refractivity contribution in [1.82, 2.24) is 0 Å². The summed E-state index contributed by atoms with van der Waals surface area (Å²) in [7, 11) is -1.03. The van der Waals surface area contributed by atoms with Crippen LogP contribution in [0.15, 0.2) is 35.7 Å². The van der Waals surface area contributed by atoms with Crippen LogP contribution in [0.2, 0.25) is 6.55 Å². The summed E-state index contributed by atoms with van der Waals surface area (Å²) in [6.07, 6.45) is 6.53. The quantitative estimate of drug-likeness (QED) is 0.666. The molecule has 1 aliphatic carbocycles. The summed E-state index contributed by atoms with van der Waals surface area (Å²) >= 11 is 0. The lowest BCUT2D eigenvalue weighted by atomic mass is 10.1. The lowest BCUT2D eigenvalue weighted by Gasteiger charge is -2.23. The van der Waals surface area contributed by atoms with Crippen LogP contribution < -0.4 is 0 Å². The van der Waals surface area contributed by atoms with Crippen molar-refractivity contribution in [3.63, 3.8) is 0 Å². The fraction of sp³-hybridized carbons (Fsp3) is 0.500. The summed E-state index contributed by atoms with van der Waals surface area (Å²) < 4.78 is 11.7. The van der Waals surface area contributed by atoms with Gasteiger partial charge in [-0.05, 0) is 19.0 Å². The third-order valence-electron chi connectivity index (χ3n) is 2.93. The van der Waals surface area contributed by atoms with Gasteiger partial charge in [0.25, 0.3) is 0 Å². The molecule has 1 heterocycles. The number of hydrogen-bond donors (Lipinski definition) is 0. The average Bonchev–Trinajstić information content (AvgIpc) is 2.49. The van der Waals surface area contributed by atoms with E-state index in [1.807, 2.05) is 13.8 Å². The maximum Gasteiger partial charge on any atom is 0.164 e. The summed E-state index contributed by atoms with van der Waals surface area (Å²) in [4.78, 5) is 0. The van der Waals surface area contributed by atoms with Gasteiger partial charge in [-0.15, -0.1) is 12.3 Å². The molecule has 3 heteroatoms. The van der Waals surface area contributed by atoms with Crippen molar-refractivity contribution < 1.29 is 9.47 Å². The van der Waals surface area contributed by atoms with Gasteiger partial charge in [-0.2, -0.15) is 0 Å². The van der Waals surface area contributed by atoms with E-state index >= 15 is 0 Å². The van der Waals surface area contributed by atoms with Crippen LogP contribution in [-0.4, -0.2) is 26.8 Å². The normalized spacial score (nSPS) is 34.5. The van der Waals surface area contributed by atoms with Gasteiger partial charge in [0.05, 0.1) is 8.80 Å². The number of fused-ring (bicyclic) bond motifs is 1. The zero-order chi connectivity index (χ0) is 11.1. The van der Waals surface area contributed by atoms with Gasteiger partial charge in [0, 0.05) is 0 Å². The zero-order valence-corrected chi connectivity index (χ0v) is 10.7. The maximum atomic E-state index is 5.93. The first-order chi connectivity index (χ1) is 7.03. The van der Waals surface area contributed by atoms with E-state index in [-0.39, 0.29) is 12.2 Å². The highest BCUT2D eigenvalue weighted by Gasteiger charge is 2.43. The van der Waals surface area contributed by atoms with Gasteiger partial charge in [0.1, 0.15) is 12.2 Å². The van der Waals surface area contributed by atoms with Crippen molar-refractivity contribution in [2.24, 2.45) is 0 Å². The predicted octanol–water partition coefficient (Wildman–Crippen LogP) is 2.12. The van der Waals surface area contributed by atoms with Crippen molar-refractivity contribution in [2.75, 3.05) is 0 Å². The van der Waals surface area contributed by atoms with Crippen LogP contribution in [0.1, 0.15) is 13.8 Å². The molecule has 0 amide bonds. The number of allylic oxidation sites excluding steroid dienone is 2. The van der Waals surface area contributed by atoms with Crippen molar-refractivity contribution in [3.05, 3.63) is 35.7 Å². The van der Waals surface area contributed by atoms with Gasteiger partial charge in [0.2, 0.25) is 0 Å². The number of ether oxygens (including phenoxy) is 2. The molecule has 82 valence electrons. The van der Waals surface area contributed by atoms with Crippen molar-refractivity contribution in [1.29, 1.82) is 0 Å². The van der Waals surface area contributed by atoms with E-state index in [9.17, 15) is 0 Å². The summed E-state index contributed by atoms with van der Waals surface area (Å²) in [6.45, 7) is 10.1. The van der Waals surface area contributed by atoms with Gasteiger partial charge < -0.3 is 9.47 Å². The second-order valence-corrected chi connectivity index (χ2v) is 7.31. The summed E-state index contributed by atoms with van der Waals surface area (Å²) in [5.41, 5.74) is 2.08. The van der Waals surface area contributed by atoms with Crippen LogP contribution in [0.25, 0.3) is 0 Å². The molecule has 0 aromatic rings. The minimum Gasteiger partial charge on any atom is -0.340 e. The molecular formula is C12H18O2Si. The van der Waals surface area contributed by atoms with Gasteiger partial charge in [0.15, 0.2) is 5.79 Å². The molecule has 2 aliphatic rings. The molecule has 1 unspecified atom stereocenters. The number of rotatable bonds is 2. The summed E-state index contributed by atoms with van der Waals surface area (Å²) in [6, 6.07) is 0. The highest BCUT2D eigenvalue weighted by atomic mass is 28.3. The Kier molecular flexibility index (Phi) is 2.71. The first kappa shape index (κ1) is 10.9. The van der Waals surface area contributed by atoms with Gasteiger partial charge in [-0.3, -0.25) is 0 Å². The van der Waals surface area contributed by atoms with Crippen LogP contribution in [0.3, 0.4) is 0 Å². The predicted molar refractivity (Wildman–Crippen MR) is 64.3 cm³/mol. The molecule has 0 saturated carbocycles. The molecule has 2 nitrogen and oxygen atoms in total. The largest absolute Gasteiger partial charge is 0.340 e. The van der Waals surface area contributed by atoms with E-state index in [2.05, 4.69) is 37.1 Å². The van der Waals surface area contributed by atoms with Crippen LogP contribution in [0, 0.1) is 0 Å². The molecule has 0 bridgehead atoms. The Hall–Kier alpha value is -0.643. The Morgan fingerprint density at radius 3 is 2.87 bits per heavy atom. The smallest absolute Gasteiger partial charge is 0.164 e. The molecule has 1 aliphatic heterocycles. The standard InChI is InChI=1S/C12H18O2Si/c1-5-15(4)10-8-6-7-9-11(10)14-12(2,3)13-9/h5-9,11,15H,1H2,2-4H3/t9-,11-,15?/m0/s1. The molecule has 3 atom stereocenters. The third kappa shape index (κ3) is 2.00. The highest BCUT2D eigenvalue weighted by molar-refractivity contribution is 6.70. The SMILES string of the molecule is C=C[SiH](C)C1=CC=C[C@@H]2OC(C)(C)O[C@H]12. The molecule has 15 heavy (non-hydrogen) atoms. The molecule has 1 saturated heterocycles. The first-order valence-electron chi connectivity index (χ1n) is 5.40. The maximum absolute atomic E-state index is 5.93. The monoisotopic (exact) mass is 222 g/mol. The molecule has 0 N–H and O–H groups in total. The third-order valence-corrected chi connectivity index (χ3v) is 5.21. The number of hydrogen-bond acceptors (Lipinski definition) is 2. The van der Waals surface area contributed by atoms with E-state index < -0.39 is 14.6 Å². The average molecular weight is 222 g/mol. The van der Waals surface area contributed by atoms with E-state index in [1.54, 1.807) is 0 Å². The van der Waals surface area contributed by atoms with Crippen molar-refractivity contribution >= 4 is 8.80 Å². The van der Waals surface area contributed by atoms with Crippen LogP contribution in [-0.2, 0) is 9.47 Å². The lowest BCUT2D eigenvalue weighted by molar-refractivity contribution is -0.139. The molecule has 0 radical (unpaired) electrons. The van der Waals surface area contributed by atoms with E-state index in [4.69, 9.17) is 9.47 Å². The van der Waals surface area contributed by atoms with Gasteiger partial charge in [-0.25, -0.2) is 0 Å². The molecule has 1 fully saturated rings. The van der Waals surface area contributed by atoms with Gasteiger partial charge in [-0.1, -0.05) is 24.8 Å². The minimum atomic E-state index is -1.03. The molecule has 0 aromatic heterocycles. The topological polar surface area (TPSA) is 18.5 Å². The molecular weight excluding hydrogens is 204 g/mol. The Morgan fingerprint density at radius 2 is 2.20 bits per heavy atom. The molecule has 0 spiro atoms. The summed E-state index contributed by atoms with van der Waals surface area (Å²) in [5, 5.41) is 1.39. The van der Waals surface area contributed by atoms with Crippen LogP contribution in [0.5, 0.6) is 0 Å². The van der Waals surface area contributed by atoms with Crippen LogP contribution in [0.4, 0.5) is 0 Å². The highest BCUT2D eigenvalue weighted by Crippen LogP contribution is 2.35. The fourth-order valence-corrected chi connectivity index (χ4v) is 3.57. The van der Waals surface area contributed by atoms with Crippen molar-refractivity contribution in [2.45, 2.75) is 38.4 Å². The van der Waals surface area contributed by atoms with E-state index in [0.717, 1.165) is 0 Å². The first-order valence-corrected chi connectivity index (χ1v) is 7.80. The van der Waals surface area contributed by atoms with E-state index in [0.29, 0.717) is 0 Å². The molecule has 2 rings (SSSR count). The Labute approximate surface area is 92.9 Å². The lowest BCUT2D eigenvalue weighted by Crippen LogP contribution is -2.31. The second kappa shape index (κ2) is 3.74. The Morgan fingerprint density at radius 1 is 1.47 bits per heavy atom. The van der Waals surface area contributed by atoms with Crippen LogP contribution >= 0.6 is 0 Å². The zero-order valence-electron chi connectivity index (χ0n) is 9.57.